The van der Waals surface area contributed by atoms with Crippen LogP contribution in [0.25, 0.3) is 1.43 Å². The lowest BCUT2D eigenvalue weighted by Crippen LogP contribution is -2.21. The molecule has 11 heavy (non-hydrogen) atoms. The van der Waals surface area contributed by atoms with Gasteiger partial charge in [0, 0.05) is 0 Å². The maximum Gasteiger partial charge on any atom is 0.490 e. The third-order valence-corrected chi connectivity index (χ3v) is 0.231. The van der Waals surface area contributed by atoms with Gasteiger partial charge in [0.1, 0.15) is 0 Å². The Morgan fingerprint density at radius 3 is 1.73 bits per heavy atom. The molecule has 68 valence electrons. The third kappa shape index (κ3) is 17.8. The Bertz CT molecular complexity index is 136. The molecule has 0 fully saturated rings. The van der Waals surface area contributed by atoms with E-state index in [0.717, 1.165) is 0 Å². The second-order valence-corrected chi connectivity index (χ2v) is 3.01. The lowest BCUT2D eigenvalue weighted by atomic mass is 10.7. The van der Waals surface area contributed by atoms with Crippen LogP contribution in [-0.4, -0.2) is 21.5 Å². The Kier molecular flexibility index (Phi) is 5.81. The SMILES string of the molecule is ClC(Cl)Cl.[2H]OC(=O)C(F)(F)F. The largest absolute Gasteiger partial charge is 0.490 e. The topological polar surface area (TPSA) is 37.3 Å². The summed E-state index contributed by atoms with van der Waals surface area (Å²) in [5, 5.41) is 2.60. The van der Waals surface area contributed by atoms with Crippen LogP contribution in [0.5, 0.6) is 0 Å². The van der Waals surface area contributed by atoms with Crippen LogP contribution in [0.4, 0.5) is 13.2 Å². The summed E-state index contributed by atoms with van der Waals surface area (Å²) in [5.74, 6) is -2.50. The number of carboxylic acid groups (broad SMARTS) is 1. The van der Waals surface area contributed by atoms with Crippen LogP contribution in [0.15, 0.2) is 0 Å². The van der Waals surface area contributed by atoms with Crippen LogP contribution >= 0.6 is 34.8 Å². The van der Waals surface area contributed by atoms with E-state index in [1.165, 1.54) is 0 Å². The molecular formula is C3H2Cl3F3O2. The first-order chi connectivity index (χ1) is 5.21. The number of carbonyl (C=O) groups is 1. The van der Waals surface area contributed by atoms with E-state index in [1.54, 1.807) is 0 Å². The summed E-state index contributed by atoms with van der Waals surface area (Å²) in [6.07, 6.45) is -5.04. The Balaban J connectivity index is 0. The first kappa shape index (κ1) is 11.1. The molecule has 0 bridgehead atoms. The summed E-state index contributed by atoms with van der Waals surface area (Å²) in [5.41, 5.74) is 0. The number of alkyl halides is 6. The van der Waals surface area contributed by atoms with Gasteiger partial charge in [0.2, 0.25) is 0 Å². The zero-order valence-corrected chi connectivity index (χ0v) is 6.93. The van der Waals surface area contributed by atoms with Gasteiger partial charge in [-0.15, -0.1) is 0 Å². The predicted octanol–water partition coefficient (Wildman–Crippen LogP) is 2.62. The van der Waals surface area contributed by atoms with E-state index in [0.29, 0.717) is 0 Å². The molecule has 0 saturated heterocycles. The molecule has 0 amide bonds. The predicted molar refractivity (Wildman–Crippen MR) is 35.0 cm³/mol. The van der Waals surface area contributed by atoms with Crippen LogP contribution < -0.4 is 0 Å². The van der Waals surface area contributed by atoms with Crippen molar-refractivity contribution in [2.45, 2.75) is 10.5 Å². The molecular weight excluding hydrogens is 231 g/mol. The van der Waals surface area contributed by atoms with Gasteiger partial charge in [-0.3, -0.25) is 0 Å². The van der Waals surface area contributed by atoms with Gasteiger partial charge in [0.05, 0.1) is 0 Å². The summed E-state index contributed by atoms with van der Waals surface area (Å²) >= 11 is 14.4. The molecule has 0 aliphatic carbocycles. The van der Waals surface area contributed by atoms with Crippen molar-refractivity contribution in [1.29, 1.82) is 1.43 Å². The van der Waals surface area contributed by atoms with E-state index >= 15 is 0 Å². The first-order valence-corrected chi connectivity index (χ1v) is 3.19. The molecule has 0 aliphatic rings. The van der Waals surface area contributed by atoms with E-state index in [-0.39, 0.29) is 0 Å². The van der Waals surface area contributed by atoms with Crippen LogP contribution in [0.3, 0.4) is 0 Å². The number of hydrogen-bond donors (Lipinski definition) is 1. The lowest BCUT2D eigenvalue weighted by molar-refractivity contribution is -0.192. The van der Waals surface area contributed by atoms with Crippen LogP contribution in [0, 0.1) is 0 Å². The number of halogens is 6. The molecule has 8 heteroatoms. The molecule has 0 radical (unpaired) electrons. The van der Waals surface area contributed by atoms with Crippen LogP contribution in [-0.2, 0) is 4.79 Å². The van der Waals surface area contributed by atoms with Gasteiger partial charge in [-0.25, -0.2) is 4.79 Å². The molecule has 0 unspecified atom stereocenters. The van der Waals surface area contributed by atoms with Gasteiger partial charge < -0.3 is 5.11 Å². The Hall–Kier alpha value is 0.130. The molecule has 0 saturated carbocycles. The zero-order chi connectivity index (χ0) is 10.4. The van der Waals surface area contributed by atoms with E-state index in [4.69, 9.17) is 36.2 Å². The normalized spacial score (nSPS) is 11.4. The van der Waals surface area contributed by atoms with Gasteiger partial charge in [0.15, 0.2) is 4.30 Å². The van der Waals surface area contributed by atoms with Crippen molar-refractivity contribution in [3.8, 4) is 0 Å². The summed E-state index contributed by atoms with van der Waals surface area (Å²) < 4.78 is 37.3. The lowest BCUT2D eigenvalue weighted by Gasteiger charge is -1.93. The Morgan fingerprint density at radius 1 is 1.45 bits per heavy atom. The fraction of sp³-hybridized carbons (Fsp3) is 0.667. The molecule has 0 heterocycles. The summed E-state index contributed by atoms with van der Waals surface area (Å²) in [6.45, 7) is 0. The minimum atomic E-state index is -5.04. The van der Waals surface area contributed by atoms with E-state index in [2.05, 4.69) is 5.11 Å². The van der Waals surface area contributed by atoms with Crippen molar-refractivity contribution in [3.05, 3.63) is 0 Å². The number of hydrogen-bond acceptors (Lipinski definition) is 2. The highest BCUT2D eigenvalue weighted by molar-refractivity contribution is 6.63. The fourth-order valence-corrected chi connectivity index (χ4v) is 0. The molecule has 0 aromatic heterocycles. The van der Waals surface area contributed by atoms with Crippen molar-refractivity contribution < 1.29 is 23.1 Å². The standard InChI is InChI=1S/C2HF3O2.CHCl3/c3-2(4,5)1(6)7;2-1(3)4/h(H,6,7);1H/i/hD. The summed E-state index contributed by atoms with van der Waals surface area (Å²) in [7, 11) is 0. The highest BCUT2D eigenvalue weighted by Crippen LogP contribution is 2.13. The van der Waals surface area contributed by atoms with Crippen molar-refractivity contribution in [2.75, 3.05) is 0 Å². The summed E-state index contributed by atoms with van der Waals surface area (Å²) in [4.78, 5) is 9.30. The van der Waals surface area contributed by atoms with Crippen LogP contribution in [0.1, 0.15) is 0 Å². The van der Waals surface area contributed by atoms with E-state index < -0.39 is 16.4 Å². The van der Waals surface area contributed by atoms with Crippen molar-refractivity contribution in [1.82, 2.24) is 0 Å². The molecule has 0 aromatic carbocycles. The highest BCUT2D eigenvalue weighted by atomic mass is 35.6. The third-order valence-electron chi connectivity index (χ3n) is 0.231. The molecule has 0 aliphatic heterocycles. The second kappa shape index (κ2) is 5.74. The fourth-order valence-electron chi connectivity index (χ4n) is 0. The van der Waals surface area contributed by atoms with E-state index in [1.807, 2.05) is 0 Å². The number of aliphatic carboxylic acids is 1. The maximum absolute atomic E-state index is 10.9. The van der Waals surface area contributed by atoms with Crippen molar-refractivity contribution in [3.63, 3.8) is 0 Å². The molecule has 0 rings (SSSR count). The van der Waals surface area contributed by atoms with Crippen molar-refractivity contribution in [2.24, 2.45) is 0 Å². The van der Waals surface area contributed by atoms with Gasteiger partial charge in [-0.2, -0.15) is 13.2 Å². The quantitative estimate of drug-likeness (QED) is 0.654. The minimum absolute atomic E-state index is 0.750. The number of rotatable bonds is 0. The molecule has 0 aromatic rings. The minimum Gasteiger partial charge on any atom is -0.475 e. The maximum atomic E-state index is 10.9. The molecule has 2 nitrogen and oxygen atoms in total. The smallest absolute Gasteiger partial charge is 0.475 e. The zero-order valence-electron chi connectivity index (χ0n) is 5.66. The molecule has 0 spiro atoms. The van der Waals surface area contributed by atoms with Gasteiger partial charge in [-0.1, -0.05) is 34.8 Å². The number of carboxylic acids is 1. The first-order valence-electron chi connectivity index (χ1n) is 2.29. The average Bonchev–Trinajstić information content (AvgIpc) is 1.82. The van der Waals surface area contributed by atoms with Crippen molar-refractivity contribution >= 4 is 40.8 Å². The second-order valence-electron chi connectivity index (χ2n) is 1.03. The van der Waals surface area contributed by atoms with Gasteiger partial charge in [0.25, 0.3) is 1.43 Å². The van der Waals surface area contributed by atoms with Gasteiger partial charge in [-0.05, 0) is 0 Å². The van der Waals surface area contributed by atoms with E-state index in [9.17, 15) is 18.0 Å². The Morgan fingerprint density at radius 2 is 1.73 bits per heavy atom. The summed E-state index contributed by atoms with van der Waals surface area (Å²) in [6, 6.07) is 0. The average molecular weight is 234 g/mol. The van der Waals surface area contributed by atoms with Gasteiger partial charge >= 0.3 is 12.1 Å². The highest BCUT2D eigenvalue weighted by Gasteiger charge is 2.38. The molecule has 1 N–H and O–H groups in total. The Labute approximate surface area is 76.3 Å². The monoisotopic (exact) mass is 233 g/mol. The molecule has 0 atom stereocenters. The van der Waals surface area contributed by atoms with Crippen LogP contribution in [0.2, 0.25) is 0 Å².